The zero-order chi connectivity index (χ0) is 19.3. The van der Waals surface area contributed by atoms with Crippen LogP contribution in [0.3, 0.4) is 0 Å². The Morgan fingerprint density at radius 1 is 1.14 bits per heavy atom. The molecule has 3 heterocycles. The lowest BCUT2D eigenvalue weighted by Gasteiger charge is -2.27. The SMILES string of the molecule is O=C(C1CCCC1)N1C[C@@H]2CN(Cc3cccc4cc[nH]c34)C[C@]2(C(=O)O)C1. The van der Waals surface area contributed by atoms with Crippen LogP contribution in [-0.4, -0.2) is 57.9 Å². The minimum absolute atomic E-state index is 0.0122. The molecule has 1 aromatic heterocycles. The van der Waals surface area contributed by atoms with Crippen molar-refractivity contribution >= 4 is 22.8 Å². The van der Waals surface area contributed by atoms with Crippen LogP contribution in [0.5, 0.6) is 0 Å². The number of aromatic nitrogens is 1. The number of amides is 1. The van der Waals surface area contributed by atoms with Gasteiger partial charge in [0.25, 0.3) is 0 Å². The smallest absolute Gasteiger partial charge is 0.313 e. The van der Waals surface area contributed by atoms with E-state index >= 15 is 0 Å². The van der Waals surface area contributed by atoms with E-state index in [2.05, 4.69) is 34.1 Å². The first kappa shape index (κ1) is 17.7. The zero-order valence-electron chi connectivity index (χ0n) is 16.1. The van der Waals surface area contributed by atoms with E-state index in [0.29, 0.717) is 19.6 Å². The van der Waals surface area contributed by atoms with Crippen LogP contribution < -0.4 is 0 Å². The largest absolute Gasteiger partial charge is 0.481 e. The van der Waals surface area contributed by atoms with E-state index in [1.54, 1.807) is 0 Å². The molecule has 2 saturated heterocycles. The summed E-state index contributed by atoms with van der Waals surface area (Å²) in [5, 5.41) is 11.3. The van der Waals surface area contributed by atoms with Crippen molar-refractivity contribution in [3.63, 3.8) is 0 Å². The average molecular weight is 381 g/mol. The molecule has 1 aromatic carbocycles. The molecule has 3 fully saturated rings. The van der Waals surface area contributed by atoms with E-state index in [1.807, 2.05) is 11.1 Å². The number of rotatable bonds is 4. The maximum Gasteiger partial charge on any atom is 0.313 e. The number of hydrogen-bond acceptors (Lipinski definition) is 3. The number of carboxylic acid groups (broad SMARTS) is 1. The van der Waals surface area contributed by atoms with Crippen LogP contribution in [0.15, 0.2) is 30.5 Å². The van der Waals surface area contributed by atoms with Gasteiger partial charge in [0.05, 0.1) is 0 Å². The maximum absolute atomic E-state index is 12.8. The Kier molecular flexibility index (Phi) is 4.19. The number of nitrogens with one attached hydrogen (secondary N) is 1. The van der Waals surface area contributed by atoms with Gasteiger partial charge in [-0.3, -0.25) is 14.5 Å². The van der Waals surface area contributed by atoms with Crippen molar-refractivity contribution < 1.29 is 14.7 Å². The number of fused-ring (bicyclic) bond motifs is 2. The summed E-state index contributed by atoms with van der Waals surface area (Å²) in [4.78, 5) is 32.6. The highest BCUT2D eigenvalue weighted by Gasteiger charge is 2.58. The number of para-hydroxylation sites is 1. The highest BCUT2D eigenvalue weighted by molar-refractivity contribution is 5.84. The number of H-pyrrole nitrogens is 1. The van der Waals surface area contributed by atoms with Gasteiger partial charge in [0.15, 0.2) is 0 Å². The van der Waals surface area contributed by atoms with Crippen molar-refractivity contribution in [3.05, 3.63) is 36.0 Å². The standard InChI is InChI=1S/C22H27N3O3/c26-20(16-4-1-2-5-16)25-12-18-11-24(13-22(18,14-25)21(27)28)10-17-7-3-6-15-8-9-23-19(15)17/h3,6-9,16,18,23H,1-2,4-5,10-14H2,(H,27,28)/t18-,22-/m0/s1. The third kappa shape index (κ3) is 2.73. The summed E-state index contributed by atoms with van der Waals surface area (Å²) in [5.74, 6) is -0.431. The summed E-state index contributed by atoms with van der Waals surface area (Å²) < 4.78 is 0. The Morgan fingerprint density at radius 2 is 1.96 bits per heavy atom. The fourth-order valence-corrected chi connectivity index (χ4v) is 5.71. The van der Waals surface area contributed by atoms with Crippen LogP contribution in [0.25, 0.3) is 10.9 Å². The molecule has 148 valence electrons. The first-order valence-electron chi connectivity index (χ1n) is 10.4. The van der Waals surface area contributed by atoms with Gasteiger partial charge in [-0.25, -0.2) is 0 Å². The fourth-order valence-electron chi connectivity index (χ4n) is 5.71. The molecule has 0 spiro atoms. The Bertz CT molecular complexity index is 917. The molecule has 6 heteroatoms. The summed E-state index contributed by atoms with van der Waals surface area (Å²) in [5.41, 5.74) is 1.50. The van der Waals surface area contributed by atoms with Gasteiger partial charge in [-0.1, -0.05) is 31.0 Å². The lowest BCUT2D eigenvalue weighted by Crippen LogP contribution is -2.42. The van der Waals surface area contributed by atoms with Gasteiger partial charge in [-0.2, -0.15) is 0 Å². The second kappa shape index (κ2) is 6.62. The number of benzene rings is 1. The van der Waals surface area contributed by atoms with Crippen molar-refractivity contribution in [1.82, 2.24) is 14.8 Å². The van der Waals surface area contributed by atoms with E-state index < -0.39 is 11.4 Å². The zero-order valence-corrected chi connectivity index (χ0v) is 16.1. The van der Waals surface area contributed by atoms with E-state index in [-0.39, 0.29) is 17.7 Å². The molecule has 0 radical (unpaired) electrons. The van der Waals surface area contributed by atoms with E-state index in [4.69, 9.17) is 0 Å². The fraction of sp³-hybridized carbons (Fsp3) is 0.545. The van der Waals surface area contributed by atoms with Crippen molar-refractivity contribution in [2.45, 2.75) is 32.2 Å². The van der Waals surface area contributed by atoms with Crippen molar-refractivity contribution in [2.75, 3.05) is 26.2 Å². The van der Waals surface area contributed by atoms with Gasteiger partial charge in [-0.15, -0.1) is 0 Å². The van der Waals surface area contributed by atoms with E-state index in [9.17, 15) is 14.7 Å². The molecule has 1 aliphatic carbocycles. The average Bonchev–Trinajstić information content (AvgIpc) is 3.43. The van der Waals surface area contributed by atoms with E-state index in [0.717, 1.165) is 44.3 Å². The van der Waals surface area contributed by atoms with Crippen LogP contribution >= 0.6 is 0 Å². The molecular formula is C22H27N3O3. The van der Waals surface area contributed by atoms with Crippen LogP contribution in [0.1, 0.15) is 31.2 Å². The van der Waals surface area contributed by atoms with Crippen LogP contribution in [0.2, 0.25) is 0 Å². The number of carbonyl (C=O) groups is 2. The lowest BCUT2D eigenvalue weighted by atomic mass is 9.81. The summed E-state index contributed by atoms with van der Waals surface area (Å²) in [6.07, 6.45) is 6.11. The normalized spacial score (nSPS) is 28.3. The van der Waals surface area contributed by atoms with Gasteiger partial charge >= 0.3 is 5.97 Å². The second-order valence-corrected chi connectivity index (χ2v) is 8.89. The second-order valence-electron chi connectivity index (χ2n) is 8.89. The predicted octanol–water partition coefficient (Wildman–Crippen LogP) is 2.70. The molecule has 0 bridgehead atoms. The number of aliphatic carboxylic acids is 1. The molecule has 3 aliphatic rings. The van der Waals surface area contributed by atoms with E-state index in [1.165, 1.54) is 10.9 Å². The number of carbonyl (C=O) groups excluding carboxylic acids is 1. The molecule has 6 nitrogen and oxygen atoms in total. The first-order chi connectivity index (χ1) is 13.6. The maximum atomic E-state index is 12.8. The molecule has 2 atom stereocenters. The topological polar surface area (TPSA) is 76.6 Å². The Morgan fingerprint density at radius 3 is 2.71 bits per heavy atom. The summed E-state index contributed by atoms with van der Waals surface area (Å²) >= 11 is 0. The molecule has 1 saturated carbocycles. The minimum Gasteiger partial charge on any atom is -0.481 e. The molecule has 2 N–H and O–H groups in total. The number of hydrogen-bond donors (Lipinski definition) is 2. The first-order valence-corrected chi connectivity index (χ1v) is 10.4. The molecule has 1 amide bonds. The summed E-state index contributed by atoms with van der Waals surface area (Å²) in [7, 11) is 0. The molecular weight excluding hydrogens is 354 g/mol. The molecule has 2 aromatic rings. The lowest BCUT2D eigenvalue weighted by molar-refractivity contribution is -0.149. The van der Waals surface area contributed by atoms with Gasteiger partial charge in [0.1, 0.15) is 5.41 Å². The Hall–Kier alpha value is -2.34. The van der Waals surface area contributed by atoms with Crippen molar-refractivity contribution in [3.8, 4) is 0 Å². The highest BCUT2D eigenvalue weighted by atomic mass is 16.4. The molecule has 2 aliphatic heterocycles. The highest BCUT2D eigenvalue weighted by Crippen LogP contribution is 2.44. The molecule has 28 heavy (non-hydrogen) atoms. The van der Waals surface area contributed by atoms with Gasteiger partial charge in [0, 0.05) is 56.3 Å². The molecule has 5 rings (SSSR count). The van der Waals surface area contributed by atoms with Gasteiger partial charge in [0.2, 0.25) is 5.91 Å². The quantitative estimate of drug-likeness (QED) is 0.854. The Labute approximate surface area is 164 Å². The minimum atomic E-state index is -0.822. The summed E-state index contributed by atoms with van der Waals surface area (Å²) in [6.45, 7) is 2.94. The third-order valence-corrected chi connectivity index (χ3v) is 7.19. The third-order valence-electron chi connectivity index (χ3n) is 7.19. The Balaban J connectivity index is 1.33. The van der Waals surface area contributed by atoms with Crippen LogP contribution in [0.4, 0.5) is 0 Å². The molecule has 0 unspecified atom stereocenters. The van der Waals surface area contributed by atoms with Gasteiger partial charge < -0.3 is 15.0 Å². The van der Waals surface area contributed by atoms with Crippen molar-refractivity contribution in [1.29, 1.82) is 0 Å². The van der Waals surface area contributed by atoms with Crippen LogP contribution in [0, 0.1) is 17.3 Å². The number of nitrogens with zero attached hydrogens (tertiary/aromatic N) is 2. The predicted molar refractivity (Wildman–Crippen MR) is 106 cm³/mol. The number of likely N-dealkylation sites (tertiary alicyclic amines) is 2. The van der Waals surface area contributed by atoms with Gasteiger partial charge in [-0.05, 0) is 29.9 Å². The number of carboxylic acids is 1. The monoisotopic (exact) mass is 381 g/mol. The summed E-state index contributed by atoms with van der Waals surface area (Å²) in [6, 6.07) is 8.30. The van der Waals surface area contributed by atoms with Crippen molar-refractivity contribution in [2.24, 2.45) is 17.3 Å². The number of aromatic amines is 1. The van der Waals surface area contributed by atoms with Crippen LogP contribution in [-0.2, 0) is 16.1 Å².